The van der Waals surface area contributed by atoms with Gasteiger partial charge in [-0.05, 0) is 79.1 Å². The lowest BCUT2D eigenvalue weighted by molar-refractivity contribution is 0.0119. The third kappa shape index (κ3) is 5.11. The van der Waals surface area contributed by atoms with Gasteiger partial charge >= 0.3 is 0 Å². The van der Waals surface area contributed by atoms with Crippen LogP contribution in [0.1, 0.15) is 57.4 Å². The first-order valence-corrected chi connectivity index (χ1v) is 14.0. The lowest BCUT2D eigenvalue weighted by Crippen LogP contribution is -2.32. The smallest absolute Gasteiger partial charge is 0.274 e. The second-order valence-corrected chi connectivity index (χ2v) is 11.5. The topological polar surface area (TPSA) is 55.2 Å². The maximum Gasteiger partial charge on any atom is 0.274 e. The molecule has 0 radical (unpaired) electrons. The van der Waals surface area contributed by atoms with Crippen molar-refractivity contribution in [1.29, 1.82) is 0 Å². The van der Waals surface area contributed by atoms with Crippen LogP contribution in [0.4, 0.5) is 22.0 Å². The summed E-state index contributed by atoms with van der Waals surface area (Å²) in [6, 6.07) is 11.5. The van der Waals surface area contributed by atoms with Crippen molar-refractivity contribution in [2.75, 3.05) is 13.1 Å². The molecule has 4 aromatic rings. The minimum absolute atomic E-state index is 0.0588. The van der Waals surface area contributed by atoms with Gasteiger partial charge in [-0.25, -0.2) is 22.0 Å². The van der Waals surface area contributed by atoms with E-state index in [0.717, 1.165) is 21.1 Å². The first-order chi connectivity index (χ1) is 20.4. The van der Waals surface area contributed by atoms with Gasteiger partial charge in [0, 0.05) is 30.4 Å². The second kappa shape index (κ2) is 10.6. The number of nitrogens with zero attached hydrogens (tertiary/aromatic N) is 3. The molecular weight excluding hydrogens is 589 g/mol. The van der Waals surface area contributed by atoms with Crippen molar-refractivity contribution in [3.05, 3.63) is 116 Å². The number of carbonyl (C=O) groups excluding carboxylic acids is 1. The molecule has 0 spiro atoms. The predicted molar refractivity (Wildman–Crippen MR) is 152 cm³/mol. The van der Waals surface area contributed by atoms with Gasteiger partial charge in [-0.3, -0.25) is 19.1 Å². The third-order valence-corrected chi connectivity index (χ3v) is 8.57. The lowest BCUT2D eigenvalue weighted by atomic mass is 10.0. The second-order valence-electron chi connectivity index (χ2n) is 11.1. The van der Waals surface area contributed by atoms with Gasteiger partial charge in [0.2, 0.25) is 0 Å². The van der Waals surface area contributed by atoms with E-state index in [1.807, 2.05) is 0 Å². The summed E-state index contributed by atoms with van der Waals surface area (Å²) in [7, 11) is 0. The fourth-order valence-electron chi connectivity index (χ4n) is 5.89. The van der Waals surface area contributed by atoms with Gasteiger partial charge in [0.25, 0.3) is 17.4 Å². The van der Waals surface area contributed by atoms with Crippen molar-refractivity contribution in [2.24, 2.45) is 0 Å². The zero-order valence-electron chi connectivity index (χ0n) is 23.1. The Hall–Kier alpha value is -4.05. The van der Waals surface area contributed by atoms with E-state index in [1.54, 1.807) is 25.1 Å². The quantitative estimate of drug-likeness (QED) is 0.221. The van der Waals surface area contributed by atoms with Gasteiger partial charge in [-0.2, -0.15) is 0 Å². The number of hydrogen-bond donors (Lipinski definition) is 0. The fraction of sp³-hybridized carbons (Fsp3) is 0.281. The van der Waals surface area contributed by atoms with Crippen LogP contribution in [0, 0.1) is 31.3 Å². The molecule has 0 N–H and O–H groups in total. The molecule has 2 aromatic carbocycles. The van der Waals surface area contributed by atoms with Crippen molar-refractivity contribution in [3.63, 3.8) is 0 Å². The largest absolute Gasteiger partial charge is 0.332 e. The number of aromatic nitrogens is 2. The molecule has 0 bridgehead atoms. The van der Waals surface area contributed by atoms with Crippen LogP contribution in [0.2, 0.25) is 5.02 Å². The van der Waals surface area contributed by atoms with E-state index in [1.165, 1.54) is 37.4 Å². The number of hydrogen-bond acceptors (Lipinski definition) is 3. The summed E-state index contributed by atoms with van der Waals surface area (Å²) in [6.07, 6.45) is 1.47. The van der Waals surface area contributed by atoms with Gasteiger partial charge in [-0.15, -0.1) is 0 Å². The van der Waals surface area contributed by atoms with Gasteiger partial charge in [0.1, 0.15) is 22.4 Å². The molecule has 11 heteroatoms. The zero-order chi connectivity index (χ0) is 30.8. The van der Waals surface area contributed by atoms with Crippen LogP contribution in [0.15, 0.2) is 59.5 Å². The normalized spacial score (nSPS) is 19.1. The number of benzene rings is 2. The lowest BCUT2D eigenvalue weighted by Gasteiger charge is -2.19. The standard InChI is InChI=1S/C32H25ClF5N3O2/c1-16-14-39-28(20-4-3-5-21(26(20)35)30(42)40-11-10-32(37,38)15-40)27(36)29(16)41-17(2)12-24(25(33)31(41)43)23-13-22(23)18-6-8-19(34)9-7-18/h3-9,12,14,22-23H,10-11,13,15H2,1-2H3/t22-,23+/m1/s1. The molecule has 1 saturated heterocycles. The molecular formula is C32H25ClF5N3O2. The van der Waals surface area contributed by atoms with E-state index >= 15 is 8.78 Å². The average Bonchev–Trinajstić information content (AvgIpc) is 3.67. The monoisotopic (exact) mass is 613 g/mol. The minimum atomic E-state index is -3.06. The predicted octanol–water partition coefficient (Wildman–Crippen LogP) is 7.34. The van der Waals surface area contributed by atoms with Crippen molar-refractivity contribution >= 4 is 17.5 Å². The molecule has 3 heterocycles. The molecule has 2 fully saturated rings. The van der Waals surface area contributed by atoms with Gasteiger partial charge < -0.3 is 4.90 Å². The van der Waals surface area contributed by atoms with E-state index in [9.17, 15) is 22.8 Å². The van der Waals surface area contributed by atoms with E-state index in [-0.39, 0.29) is 46.0 Å². The molecule has 1 aliphatic heterocycles. The van der Waals surface area contributed by atoms with Crippen LogP contribution in [0.5, 0.6) is 0 Å². The molecule has 1 aliphatic carbocycles. The maximum absolute atomic E-state index is 16.2. The van der Waals surface area contributed by atoms with E-state index < -0.39 is 53.2 Å². The third-order valence-electron chi connectivity index (χ3n) is 8.19. The SMILES string of the molecule is Cc1cnc(-c2cccc(C(=O)N3CCC(F)(F)C3)c2F)c(F)c1-n1c(C)cc([C@H]2C[C@@H]2c2ccc(F)cc2)c(Cl)c1=O. The molecule has 2 aromatic heterocycles. The first kappa shape index (κ1) is 29.0. The van der Waals surface area contributed by atoms with E-state index in [0.29, 0.717) is 17.7 Å². The van der Waals surface area contributed by atoms with Crippen LogP contribution in [-0.4, -0.2) is 39.4 Å². The number of likely N-dealkylation sites (tertiary alicyclic amines) is 1. The Labute approximate surface area is 248 Å². The van der Waals surface area contributed by atoms with E-state index in [4.69, 9.17) is 11.6 Å². The highest BCUT2D eigenvalue weighted by molar-refractivity contribution is 6.31. The number of halogens is 6. The summed E-state index contributed by atoms with van der Waals surface area (Å²) >= 11 is 6.57. The highest BCUT2D eigenvalue weighted by Crippen LogP contribution is 2.56. The molecule has 0 unspecified atom stereocenters. The van der Waals surface area contributed by atoms with E-state index in [2.05, 4.69) is 4.98 Å². The fourth-order valence-corrected chi connectivity index (χ4v) is 6.17. The van der Waals surface area contributed by atoms with Crippen LogP contribution in [0.25, 0.3) is 16.9 Å². The Morgan fingerprint density at radius 1 is 1.02 bits per heavy atom. The Kier molecular flexibility index (Phi) is 7.15. The number of alkyl halides is 2. The molecule has 1 saturated carbocycles. The molecule has 6 rings (SSSR count). The van der Waals surface area contributed by atoms with Gasteiger partial charge in [0.15, 0.2) is 5.82 Å². The molecule has 2 aliphatic rings. The van der Waals surface area contributed by atoms with Gasteiger partial charge in [-0.1, -0.05) is 29.8 Å². The van der Waals surface area contributed by atoms with Crippen LogP contribution in [-0.2, 0) is 0 Å². The summed E-state index contributed by atoms with van der Waals surface area (Å²) in [6.45, 7) is 2.10. The Balaban J connectivity index is 1.38. The van der Waals surface area contributed by atoms with Crippen LogP contribution < -0.4 is 5.56 Å². The number of carbonyl (C=O) groups is 1. The molecule has 2 atom stereocenters. The zero-order valence-corrected chi connectivity index (χ0v) is 23.9. The molecule has 43 heavy (non-hydrogen) atoms. The highest BCUT2D eigenvalue weighted by atomic mass is 35.5. The first-order valence-electron chi connectivity index (χ1n) is 13.7. The Bertz CT molecular complexity index is 1840. The van der Waals surface area contributed by atoms with Crippen molar-refractivity contribution in [2.45, 2.75) is 44.4 Å². The summed E-state index contributed by atoms with van der Waals surface area (Å²) in [5.41, 5.74) is 0.0404. The average molecular weight is 614 g/mol. The number of amides is 1. The summed E-state index contributed by atoms with van der Waals surface area (Å²) in [5, 5.41) is -0.0847. The van der Waals surface area contributed by atoms with Crippen molar-refractivity contribution in [3.8, 4) is 16.9 Å². The number of pyridine rings is 2. The number of aryl methyl sites for hydroxylation is 2. The van der Waals surface area contributed by atoms with Crippen LogP contribution >= 0.6 is 11.6 Å². The summed E-state index contributed by atoms with van der Waals surface area (Å²) in [4.78, 5) is 31.4. The van der Waals surface area contributed by atoms with Crippen LogP contribution in [0.3, 0.4) is 0 Å². The van der Waals surface area contributed by atoms with Crippen molar-refractivity contribution in [1.82, 2.24) is 14.5 Å². The summed E-state index contributed by atoms with van der Waals surface area (Å²) in [5.74, 6) is -6.47. The minimum Gasteiger partial charge on any atom is -0.332 e. The summed E-state index contributed by atoms with van der Waals surface area (Å²) < 4.78 is 73.8. The maximum atomic E-state index is 16.2. The Morgan fingerprint density at radius 3 is 2.42 bits per heavy atom. The molecule has 222 valence electrons. The molecule has 5 nitrogen and oxygen atoms in total. The van der Waals surface area contributed by atoms with Gasteiger partial charge in [0.05, 0.1) is 17.8 Å². The highest BCUT2D eigenvalue weighted by Gasteiger charge is 2.42. The molecule has 1 amide bonds. The van der Waals surface area contributed by atoms with Crippen molar-refractivity contribution < 1.29 is 26.7 Å². The number of rotatable bonds is 5. The Morgan fingerprint density at radius 2 is 1.74 bits per heavy atom.